The maximum Gasteiger partial charge on any atom is 0.251 e. The van der Waals surface area contributed by atoms with Crippen molar-refractivity contribution < 1.29 is 14.3 Å². The Morgan fingerprint density at radius 1 is 0.821 bits per heavy atom. The van der Waals surface area contributed by atoms with E-state index in [0.717, 1.165) is 11.1 Å². The zero-order chi connectivity index (χ0) is 27.9. The Balaban J connectivity index is 1.50. The van der Waals surface area contributed by atoms with Crippen molar-refractivity contribution in [1.29, 1.82) is 0 Å². The van der Waals surface area contributed by atoms with Crippen LogP contribution in [0.2, 0.25) is 5.02 Å². The number of halogens is 1. The fourth-order valence-corrected chi connectivity index (χ4v) is 3.47. The molecule has 0 aliphatic heterocycles. The van der Waals surface area contributed by atoms with Crippen LogP contribution in [0.25, 0.3) is 0 Å². The smallest absolute Gasteiger partial charge is 0.251 e. The summed E-state index contributed by atoms with van der Waals surface area (Å²) < 4.78 is 10.7. The maximum atomic E-state index is 12.4. The van der Waals surface area contributed by atoms with Crippen LogP contribution in [0.1, 0.15) is 35.3 Å². The molecule has 2 aromatic carbocycles. The second kappa shape index (κ2) is 16.5. The molecule has 1 aromatic heterocycles. The van der Waals surface area contributed by atoms with Gasteiger partial charge >= 0.3 is 0 Å². The van der Waals surface area contributed by atoms with Gasteiger partial charge in [0.05, 0.1) is 26.4 Å². The minimum atomic E-state index is -0.157. The van der Waals surface area contributed by atoms with E-state index in [9.17, 15) is 4.79 Å². The number of nitrogens with zero attached hydrogens (tertiary/aromatic N) is 3. The van der Waals surface area contributed by atoms with E-state index in [2.05, 4.69) is 36.2 Å². The summed E-state index contributed by atoms with van der Waals surface area (Å²) in [5.41, 5.74) is 7.95. The van der Waals surface area contributed by atoms with Crippen molar-refractivity contribution in [1.82, 2.24) is 20.3 Å². The van der Waals surface area contributed by atoms with Gasteiger partial charge in [0, 0.05) is 42.8 Å². The molecule has 3 rings (SSSR count). The van der Waals surface area contributed by atoms with Crippen LogP contribution in [-0.4, -0.2) is 66.4 Å². The molecular weight excluding hydrogens is 520 g/mol. The molecule has 0 unspecified atom stereocenters. The van der Waals surface area contributed by atoms with Crippen LogP contribution in [0.3, 0.4) is 0 Å². The van der Waals surface area contributed by atoms with Crippen LogP contribution in [-0.2, 0) is 22.6 Å². The number of nitrogens with one attached hydrogen (secondary N) is 4. The topological polar surface area (TPSA) is 148 Å². The van der Waals surface area contributed by atoms with Gasteiger partial charge in [-0.05, 0) is 49.2 Å². The predicted molar refractivity (Wildman–Crippen MR) is 154 cm³/mol. The zero-order valence-corrected chi connectivity index (χ0v) is 23.1. The minimum absolute atomic E-state index is 0.157. The normalized spacial score (nSPS) is 10.9. The maximum absolute atomic E-state index is 12.4. The number of aromatic nitrogens is 3. The highest BCUT2D eigenvalue weighted by atomic mass is 35.5. The third-order valence-corrected chi connectivity index (χ3v) is 5.50. The molecule has 0 atom stereocenters. The van der Waals surface area contributed by atoms with Crippen molar-refractivity contribution in [2.24, 2.45) is 5.73 Å². The lowest BCUT2D eigenvalue weighted by molar-refractivity contribution is 0.0511. The number of amides is 1. The van der Waals surface area contributed by atoms with Crippen molar-refractivity contribution in [3.63, 3.8) is 0 Å². The lowest BCUT2D eigenvalue weighted by Gasteiger charge is -2.13. The molecule has 0 spiro atoms. The first-order valence-electron chi connectivity index (χ1n) is 12.9. The molecule has 0 fully saturated rings. The van der Waals surface area contributed by atoms with E-state index >= 15 is 0 Å². The summed E-state index contributed by atoms with van der Waals surface area (Å²) in [5, 5.41) is 13.2. The molecule has 6 N–H and O–H groups in total. The minimum Gasteiger partial charge on any atom is -0.378 e. The van der Waals surface area contributed by atoms with E-state index in [4.69, 9.17) is 26.8 Å². The van der Waals surface area contributed by atoms with E-state index in [1.807, 2.05) is 50.2 Å². The van der Waals surface area contributed by atoms with Gasteiger partial charge in [-0.2, -0.15) is 15.0 Å². The van der Waals surface area contributed by atoms with Crippen LogP contribution >= 0.6 is 11.6 Å². The second-order valence-corrected chi connectivity index (χ2v) is 9.34. The van der Waals surface area contributed by atoms with Crippen LogP contribution in [0.15, 0.2) is 48.5 Å². The number of ether oxygens (including phenoxy) is 2. The van der Waals surface area contributed by atoms with Crippen LogP contribution in [0, 0.1) is 0 Å². The van der Waals surface area contributed by atoms with Crippen LogP contribution in [0.5, 0.6) is 0 Å². The SMILES string of the molecule is CC(C)Nc1nc(NCc2ccc(Cl)cc2)nc(NCc2ccc(C(=O)NCCOCCOCCN)cc2)n1. The Morgan fingerprint density at radius 3 is 1.92 bits per heavy atom. The number of nitrogens with two attached hydrogens (primary N) is 1. The molecule has 0 bridgehead atoms. The predicted octanol–water partition coefficient (Wildman–Crippen LogP) is 3.29. The summed E-state index contributed by atoms with van der Waals surface area (Å²) in [7, 11) is 0. The summed E-state index contributed by atoms with van der Waals surface area (Å²) in [5.74, 6) is 1.20. The number of hydrogen-bond acceptors (Lipinski definition) is 10. The van der Waals surface area contributed by atoms with Crippen molar-refractivity contribution in [3.05, 3.63) is 70.2 Å². The molecule has 0 saturated carbocycles. The Hall–Kier alpha value is -3.51. The molecule has 3 aromatic rings. The van der Waals surface area contributed by atoms with E-state index < -0.39 is 0 Å². The molecule has 0 aliphatic rings. The van der Waals surface area contributed by atoms with Gasteiger partial charge in [0.15, 0.2) is 0 Å². The number of benzene rings is 2. The van der Waals surface area contributed by atoms with Crippen molar-refractivity contribution >= 4 is 35.4 Å². The summed E-state index contributed by atoms with van der Waals surface area (Å²) in [4.78, 5) is 25.8. The largest absolute Gasteiger partial charge is 0.378 e. The second-order valence-electron chi connectivity index (χ2n) is 8.91. The third kappa shape index (κ3) is 11.4. The number of anilines is 3. The summed E-state index contributed by atoms with van der Waals surface area (Å²) in [6.45, 7) is 7.84. The summed E-state index contributed by atoms with van der Waals surface area (Å²) in [6.07, 6.45) is 0. The number of hydrogen-bond donors (Lipinski definition) is 5. The standard InChI is InChI=1S/C27H37ClN8O3/c1-19(2)33-27-35-25(34-26(36-27)32-18-21-5-9-23(28)10-6-21)31-17-20-3-7-22(8-4-20)24(37)30-12-14-39-16-15-38-13-11-29/h3-10,19H,11-18,29H2,1-2H3,(H,30,37)(H3,31,32,33,34,35,36). The molecule has 0 aliphatic carbocycles. The molecule has 0 radical (unpaired) electrons. The number of rotatable bonds is 17. The fourth-order valence-electron chi connectivity index (χ4n) is 3.34. The monoisotopic (exact) mass is 556 g/mol. The molecule has 12 heteroatoms. The van der Waals surface area contributed by atoms with Gasteiger partial charge in [0.25, 0.3) is 5.91 Å². The summed E-state index contributed by atoms with van der Waals surface area (Å²) in [6, 6.07) is 15.1. The van der Waals surface area contributed by atoms with Crippen molar-refractivity contribution in [3.8, 4) is 0 Å². The van der Waals surface area contributed by atoms with Crippen molar-refractivity contribution in [2.45, 2.75) is 33.0 Å². The van der Waals surface area contributed by atoms with Gasteiger partial charge in [-0.3, -0.25) is 4.79 Å². The van der Waals surface area contributed by atoms with Gasteiger partial charge in [-0.1, -0.05) is 35.9 Å². The Bertz CT molecular complexity index is 1150. The number of carbonyl (C=O) groups is 1. The highest BCUT2D eigenvalue weighted by Crippen LogP contribution is 2.15. The first-order valence-corrected chi connectivity index (χ1v) is 13.3. The van der Waals surface area contributed by atoms with E-state index in [1.165, 1.54) is 0 Å². The average molecular weight is 557 g/mol. The van der Waals surface area contributed by atoms with E-state index in [0.29, 0.717) is 81.0 Å². The first-order chi connectivity index (χ1) is 18.9. The molecule has 1 amide bonds. The molecule has 1 heterocycles. The fraction of sp³-hybridized carbons (Fsp3) is 0.407. The molecule has 11 nitrogen and oxygen atoms in total. The van der Waals surface area contributed by atoms with Gasteiger partial charge < -0.3 is 36.5 Å². The summed E-state index contributed by atoms with van der Waals surface area (Å²) >= 11 is 5.97. The van der Waals surface area contributed by atoms with Gasteiger partial charge in [-0.15, -0.1) is 0 Å². The van der Waals surface area contributed by atoms with Crippen LogP contribution < -0.4 is 27.0 Å². The molecule has 210 valence electrons. The Morgan fingerprint density at radius 2 is 1.36 bits per heavy atom. The zero-order valence-electron chi connectivity index (χ0n) is 22.4. The van der Waals surface area contributed by atoms with Crippen molar-refractivity contribution in [2.75, 3.05) is 55.5 Å². The third-order valence-electron chi connectivity index (χ3n) is 5.25. The lowest BCUT2D eigenvalue weighted by Crippen LogP contribution is -2.27. The van der Waals surface area contributed by atoms with Gasteiger partial charge in [-0.25, -0.2) is 0 Å². The Kier molecular flexibility index (Phi) is 12.7. The number of carbonyl (C=O) groups excluding carboxylic acids is 1. The lowest BCUT2D eigenvalue weighted by atomic mass is 10.1. The van der Waals surface area contributed by atoms with Crippen LogP contribution in [0.4, 0.5) is 17.8 Å². The Labute approximate surface area is 234 Å². The quantitative estimate of drug-likeness (QED) is 0.157. The first kappa shape index (κ1) is 30.0. The van der Waals surface area contributed by atoms with E-state index in [1.54, 1.807) is 12.1 Å². The van der Waals surface area contributed by atoms with E-state index in [-0.39, 0.29) is 11.9 Å². The molecule has 39 heavy (non-hydrogen) atoms. The highest BCUT2D eigenvalue weighted by Gasteiger charge is 2.09. The molecular formula is C27H37ClN8O3. The molecule has 0 saturated heterocycles. The average Bonchev–Trinajstić information content (AvgIpc) is 2.93. The highest BCUT2D eigenvalue weighted by molar-refractivity contribution is 6.30. The van der Waals surface area contributed by atoms with Gasteiger partial charge in [0.2, 0.25) is 17.8 Å². The van der Waals surface area contributed by atoms with Gasteiger partial charge in [0.1, 0.15) is 0 Å².